The van der Waals surface area contributed by atoms with Crippen LogP contribution < -0.4 is 4.52 Å². The average Bonchev–Trinajstić information content (AvgIpc) is 2.18. The van der Waals surface area contributed by atoms with Crippen LogP contribution in [0.4, 0.5) is 0 Å². The van der Waals surface area contributed by atoms with Crippen molar-refractivity contribution in [1.82, 2.24) is 0 Å². The van der Waals surface area contributed by atoms with E-state index in [4.69, 9.17) is 9.73 Å². The van der Waals surface area contributed by atoms with Crippen molar-refractivity contribution in [1.29, 1.82) is 0 Å². The molecule has 0 atom stereocenters. The Balaban J connectivity index is 3.44. The van der Waals surface area contributed by atoms with Crippen LogP contribution in [0.15, 0.2) is 6.07 Å². The summed E-state index contributed by atoms with van der Waals surface area (Å²) >= 11 is 0. The van der Waals surface area contributed by atoms with Gasteiger partial charge in [-0.15, -0.1) is 0 Å². The Bertz CT molecular complexity index is 549. The van der Waals surface area contributed by atoms with Gasteiger partial charge in [-0.3, -0.25) is 4.57 Å². The third kappa shape index (κ3) is 3.25. The molecule has 1 rings (SSSR count). The second-order valence-electron chi connectivity index (χ2n) is 4.39. The van der Waals surface area contributed by atoms with Gasteiger partial charge in [-0.05, 0) is 31.9 Å². The Morgan fingerprint density at radius 2 is 1.88 bits per heavy atom. The van der Waals surface area contributed by atoms with E-state index in [0.717, 1.165) is 16.7 Å². The summed E-state index contributed by atoms with van der Waals surface area (Å²) in [6, 6.07) is 4.40. The van der Waals surface area contributed by atoms with Crippen LogP contribution in [0.25, 0.3) is 5.01 Å². The molecule has 0 bridgehead atoms. The van der Waals surface area contributed by atoms with E-state index in [9.17, 15) is 4.57 Å². The first-order valence-corrected chi connectivity index (χ1v) is 7.73. The van der Waals surface area contributed by atoms with Crippen LogP contribution in [0, 0.1) is 26.8 Å². The molecule has 0 aliphatic rings. The van der Waals surface area contributed by atoms with Gasteiger partial charge in [-0.1, -0.05) is 6.07 Å². The Kier molecular flexibility index (Phi) is 3.85. The molecule has 0 radical (unpaired) electrons. The first-order valence-electron chi connectivity index (χ1n) is 5.21. The summed E-state index contributed by atoms with van der Waals surface area (Å²) in [5.41, 5.74) is 3.30. The minimum Gasteiger partial charge on any atom is -0.443 e. The fourth-order valence-corrected chi connectivity index (χ4v) is 2.47. The van der Waals surface area contributed by atoms with Crippen LogP contribution in [0.2, 0.25) is 0 Å². The quantitative estimate of drug-likeness (QED) is 0.648. The zero-order chi connectivity index (χ0) is 13.2. The maximum Gasteiger partial charge on any atom is 0.388 e. The van der Waals surface area contributed by atoms with Gasteiger partial charge in [0.1, 0.15) is 11.3 Å². The minimum atomic E-state index is -2.62. The largest absolute Gasteiger partial charge is 0.443 e. The van der Waals surface area contributed by atoms with Gasteiger partial charge in [0.05, 0.1) is 0 Å². The van der Waals surface area contributed by atoms with Gasteiger partial charge >= 0.3 is 6.07 Å². The smallest absolute Gasteiger partial charge is 0.388 e. The van der Waals surface area contributed by atoms with Crippen molar-refractivity contribution >= 4 is 7.37 Å². The Labute approximate surface area is 101 Å². The molecule has 5 heteroatoms. The van der Waals surface area contributed by atoms with Gasteiger partial charge in [0.15, 0.2) is 0 Å². The summed E-state index contributed by atoms with van der Waals surface area (Å²) in [6.07, 6.45) is 0. The van der Waals surface area contributed by atoms with Gasteiger partial charge in [0, 0.05) is 18.9 Å². The number of hydrogen-bond donors (Lipinski definition) is 1. The van der Waals surface area contributed by atoms with E-state index in [1.165, 1.54) is 0 Å². The van der Waals surface area contributed by atoms with E-state index in [-0.39, 0.29) is 0 Å². The number of benzene rings is 1. The van der Waals surface area contributed by atoms with Gasteiger partial charge in [-0.2, -0.15) is 5.21 Å². The zero-order valence-electron chi connectivity index (χ0n) is 10.7. The van der Waals surface area contributed by atoms with Crippen molar-refractivity contribution in [2.24, 2.45) is 0 Å². The lowest BCUT2D eigenvalue weighted by molar-refractivity contribution is 0.465. The van der Waals surface area contributed by atoms with Crippen molar-refractivity contribution in [2.45, 2.75) is 20.8 Å². The number of hydrogen-bond acceptors (Lipinski definition) is 3. The second-order valence-corrected chi connectivity index (χ2v) is 7.08. The molecular formula is C12H17NO3P+. The molecule has 0 amide bonds. The topological polar surface area (TPSA) is 50.9 Å². The molecule has 0 aromatic heterocycles. The van der Waals surface area contributed by atoms with Crippen molar-refractivity contribution in [3.05, 3.63) is 33.3 Å². The summed E-state index contributed by atoms with van der Waals surface area (Å²) in [5, 5.41) is 11.5. The molecule has 0 fully saturated rings. The highest BCUT2D eigenvalue weighted by molar-refractivity contribution is 7.57. The van der Waals surface area contributed by atoms with E-state index in [0.29, 0.717) is 11.3 Å². The molecule has 1 aromatic rings. The highest BCUT2D eigenvalue weighted by atomic mass is 31.2. The van der Waals surface area contributed by atoms with Crippen molar-refractivity contribution in [3.8, 4) is 11.8 Å². The fraction of sp³-hybridized carbons (Fsp3) is 0.417. The molecule has 0 heterocycles. The minimum absolute atomic E-state index is 0.579. The standard InChI is InChI=1S/C12H16NO3P/c1-8-6-9(2)12(16-17(4,5)15)10(3)11(8)7-13-14/h6H,1-5H3/p+1. The van der Waals surface area contributed by atoms with Crippen molar-refractivity contribution < 1.29 is 14.3 Å². The predicted octanol–water partition coefficient (Wildman–Crippen LogP) is 3.60. The van der Waals surface area contributed by atoms with Crippen LogP contribution in [0.3, 0.4) is 0 Å². The highest BCUT2D eigenvalue weighted by Crippen LogP contribution is 2.42. The summed E-state index contributed by atoms with van der Waals surface area (Å²) in [4.78, 5) is 0. The van der Waals surface area contributed by atoms with Crippen molar-refractivity contribution in [3.63, 3.8) is 0 Å². The first kappa shape index (κ1) is 13.6. The molecule has 0 spiro atoms. The van der Waals surface area contributed by atoms with Crippen LogP contribution in [-0.4, -0.2) is 18.5 Å². The number of aryl methyl sites for hydroxylation is 2. The molecular weight excluding hydrogens is 237 g/mol. The van der Waals surface area contributed by atoms with Crippen molar-refractivity contribution in [2.75, 3.05) is 13.3 Å². The second kappa shape index (κ2) is 4.81. The van der Waals surface area contributed by atoms with Gasteiger partial charge in [0.25, 0.3) is 0 Å². The highest BCUT2D eigenvalue weighted by Gasteiger charge is 2.19. The summed E-state index contributed by atoms with van der Waals surface area (Å²) < 4.78 is 17.2. The molecule has 0 saturated carbocycles. The van der Waals surface area contributed by atoms with Crippen LogP contribution >= 0.6 is 7.37 Å². The zero-order valence-corrected chi connectivity index (χ0v) is 11.6. The lowest BCUT2D eigenvalue weighted by Crippen LogP contribution is -1.98. The summed E-state index contributed by atoms with van der Waals surface area (Å²) in [5.74, 6) is 0.579. The van der Waals surface area contributed by atoms with E-state index < -0.39 is 7.37 Å². The van der Waals surface area contributed by atoms with Gasteiger partial charge in [0.2, 0.25) is 12.4 Å². The van der Waals surface area contributed by atoms with E-state index in [1.54, 1.807) is 13.3 Å². The first-order chi connectivity index (χ1) is 7.76. The van der Waals surface area contributed by atoms with Crippen LogP contribution in [-0.2, 0) is 4.57 Å². The maximum absolute atomic E-state index is 11.7. The lowest BCUT2D eigenvalue weighted by atomic mass is 9.99. The Morgan fingerprint density at radius 3 is 2.35 bits per heavy atom. The maximum atomic E-state index is 11.7. The van der Waals surface area contributed by atoms with E-state index in [2.05, 4.69) is 11.1 Å². The molecule has 17 heavy (non-hydrogen) atoms. The molecule has 0 aliphatic heterocycles. The van der Waals surface area contributed by atoms with Gasteiger partial charge < -0.3 is 4.52 Å². The molecule has 4 nitrogen and oxygen atoms in total. The Hall–Kier alpha value is -1.46. The number of rotatable bonds is 2. The summed E-state index contributed by atoms with van der Waals surface area (Å²) in [7, 11) is -2.62. The monoisotopic (exact) mass is 254 g/mol. The molecule has 0 saturated heterocycles. The molecule has 0 aliphatic carbocycles. The van der Waals surface area contributed by atoms with Crippen LogP contribution in [0.1, 0.15) is 22.3 Å². The van der Waals surface area contributed by atoms with Crippen LogP contribution in [0.5, 0.6) is 5.75 Å². The normalized spacial score (nSPS) is 10.6. The predicted molar refractivity (Wildman–Crippen MR) is 68.9 cm³/mol. The summed E-state index contributed by atoms with van der Waals surface area (Å²) in [6.45, 7) is 8.75. The van der Waals surface area contributed by atoms with Gasteiger partial charge in [-0.25, -0.2) is 0 Å². The third-order valence-electron chi connectivity index (χ3n) is 2.37. The number of nitrogens with zero attached hydrogens (tertiary/aromatic N) is 1. The SMILES string of the molecule is Cc1cc(C)c(OP(C)(C)=O)c(C)c1C#[N+]O. The molecule has 1 aromatic carbocycles. The van der Waals surface area contributed by atoms with E-state index >= 15 is 0 Å². The average molecular weight is 254 g/mol. The fourth-order valence-electron chi connectivity index (χ4n) is 1.75. The lowest BCUT2D eigenvalue weighted by Gasteiger charge is -2.16. The molecule has 92 valence electrons. The van der Waals surface area contributed by atoms with E-state index in [1.807, 2.05) is 26.8 Å². The Morgan fingerprint density at radius 1 is 1.29 bits per heavy atom. The third-order valence-corrected chi connectivity index (χ3v) is 3.00. The molecule has 0 unspecified atom stereocenters. The molecule has 1 N–H and O–H groups in total.